The quantitative estimate of drug-likeness (QED) is 0.782. The Kier molecular flexibility index (Phi) is 3.99. The molecule has 0 bridgehead atoms. The van der Waals surface area contributed by atoms with Crippen molar-refractivity contribution in [2.24, 2.45) is 11.7 Å². The molecule has 0 saturated carbocycles. The first kappa shape index (κ1) is 13.4. The van der Waals surface area contributed by atoms with Gasteiger partial charge in [0.1, 0.15) is 0 Å². The number of nitrogens with two attached hydrogens (primary N) is 2. The van der Waals surface area contributed by atoms with Crippen LogP contribution in [0.4, 0.5) is 11.4 Å². The maximum absolute atomic E-state index is 11.4. The second-order valence-electron chi connectivity index (χ2n) is 4.74. The summed E-state index contributed by atoms with van der Waals surface area (Å²) in [6.07, 6.45) is 0. The molecular formula is C13H21N3O. The highest BCUT2D eigenvalue weighted by Gasteiger charge is 2.18. The maximum atomic E-state index is 11.4. The lowest BCUT2D eigenvalue weighted by molar-refractivity contribution is 0.100. The Labute approximate surface area is 103 Å². The van der Waals surface area contributed by atoms with Crippen molar-refractivity contribution in [2.75, 3.05) is 17.7 Å². The summed E-state index contributed by atoms with van der Waals surface area (Å²) in [4.78, 5) is 13.4. The number of nitrogen functional groups attached to an aromatic ring is 1. The van der Waals surface area contributed by atoms with Gasteiger partial charge in [-0.2, -0.15) is 0 Å². The average molecular weight is 235 g/mol. The Morgan fingerprint density at radius 1 is 1.29 bits per heavy atom. The summed E-state index contributed by atoms with van der Waals surface area (Å²) in [7, 11) is 1.95. The van der Waals surface area contributed by atoms with Crippen LogP contribution in [-0.2, 0) is 0 Å². The lowest BCUT2D eigenvalue weighted by Crippen LogP contribution is -2.34. The van der Waals surface area contributed by atoms with Crippen molar-refractivity contribution in [3.05, 3.63) is 23.8 Å². The van der Waals surface area contributed by atoms with Gasteiger partial charge in [-0.25, -0.2) is 0 Å². The molecule has 0 fully saturated rings. The highest BCUT2D eigenvalue weighted by molar-refractivity contribution is 5.99. The van der Waals surface area contributed by atoms with Gasteiger partial charge in [0, 0.05) is 18.8 Å². The third kappa shape index (κ3) is 2.90. The summed E-state index contributed by atoms with van der Waals surface area (Å²) < 4.78 is 0. The van der Waals surface area contributed by atoms with E-state index in [9.17, 15) is 4.79 Å². The number of rotatable bonds is 4. The van der Waals surface area contributed by atoms with Crippen LogP contribution < -0.4 is 16.4 Å². The first-order valence-electron chi connectivity index (χ1n) is 5.76. The summed E-state index contributed by atoms with van der Waals surface area (Å²) >= 11 is 0. The molecule has 4 nitrogen and oxygen atoms in total. The molecule has 1 aromatic carbocycles. The Morgan fingerprint density at radius 2 is 1.88 bits per heavy atom. The minimum absolute atomic E-state index is 0.301. The molecule has 0 aliphatic heterocycles. The smallest absolute Gasteiger partial charge is 0.250 e. The van der Waals surface area contributed by atoms with Crippen molar-refractivity contribution in [2.45, 2.75) is 26.8 Å². The zero-order valence-electron chi connectivity index (χ0n) is 10.9. The van der Waals surface area contributed by atoms with Gasteiger partial charge in [-0.1, -0.05) is 13.8 Å². The van der Waals surface area contributed by atoms with E-state index in [1.54, 1.807) is 18.2 Å². The van der Waals surface area contributed by atoms with Crippen LogP contribution in [0.2, 0.25) is 0 Å². The standard InChI is InChI=1S/C13H21N3O/c1-8(2)9(3)16(4)12-7-10(14)5-6-11(12)13(15)17/h5-9H,14H2,1-4H3,(H2,15,17). The van der Waals surface area contributed by atoms with E-state index in [4.69, 9.17) is 11.5 Å². The molecule has 0 heterocycles. The monoisotopic (exact) mass is 235 g/mol. The lowest BCUT2D eigenvalue weighted by Gasteiger charge is -2.31. The second-order valence-corrected chi connectivity index (χ2v) is 4.74. The zero-order valence-corrected chi connectivity index (χ0v) is 10.9. The fourth-order valence-electron chi connectivity index (χ4n) is 1.72. The van der Waals surface area contributed by atoms with Gasteiger partial charge >= 0.3 is 0 Å². The van der Waals surface area contributed by atoms with E-state index in [0.717, 1.165) is 5.69 Å². The van der Waals surface area contributed by atoms with Gasteiger partial charge in [-0.15, -0.1) is 0 Å². The Morgan fingerprint density at radius 3 is 2.35 bits per heavy atom. The molecule has 4 N–H and O–H groups in total. The van der Waals surface area contributed by atoms with Crippen molar-refractivity contribution in [1.82, 2.24) is 0 Å². The van der Waals surface area contributed by atoms with E-state index in [0.29, 0.717) is 23.2 Å². The minimum atomic E-state index is -0.428. The first-order valence-corrected chi connectivity index (χ1v) is 5.76. The summed E-state index contributed by atoms with van der Waals surface area (Å²) in [6.45, 7) is 6.38. The molecule has 1 atom stereocenters. The van der Waals surface area contributed by atoms with Gasteiger partial charge < -0.3 is 16.4 Å². The number of amides is 1. The molecule has 0 spiro atoms. The SMILES string of the molecule is CC(C)C(C)N(C)c1cc(N)ccc1C(N)=O. The molecule has 4 heteroatoms. The van der Waals surface area contributed by atoms with Crippen molar-refractivity contribution >= 4 is 17.3 Å². The van der Waals surface area contributed by atoms with E-state index in [-0.39, 0.29) is 0 Å². The number of hydrogen-bond acceptors (Lipinski definition) is 3. The fourth-order valence-corrected chi connectivity index (χ4v) is 1.72. The van der Waals surface area contributed by atoms with E-state index >= 15 is 0 Å². The van der Waals surface area contributed by atoms with E-state index in [2.05, 4.69) is 20.8 Å². The molecule has 1 aromatic rings. The highest BCUT2D eigenvalue weighted by Crippen LogP contribution is 2.25. The highest BCUT2D eigenvalue weighted by atomic mass is 16.1. The van der Waals surface area contributed by atoms with Crippen molar-refractivity contribution in [3.63, 3.8) is 0 Å². The fraction of sp³-hybridized carbons (Fsp3) is 0.462. The Hall–Kier alpha value is -1.71. The third-order valence-corrected chi connectivity index (χ3v) is 3.24. The number of anilines is 2. The summed E-state index contributed by atoms with van der Waals surface area (Å²) in [5, 5.41) is 0. The predicted octanol–water partition coefficient (Wildman–Crippen LogP) is 1.85. The van der Waals surface area contributed by atoms with Crippen molar-refractivity contribution in [1.29, 1.82) is 0 Å². The number of nitrogens with zero attached hydrogens (tertiary/aromatic N) is 1. The Bertz CT molecular complexity index is 415. The molecule has 17 heavy (non-hydrogen) atoms. The summed E-state index contributed by atoms with van der Waals surface area (Å²) in [6, 6.07) is 5.46. The van der Waals surface area contributed by atoms with Gasteiger partial charge in [0.2, 0.25) is 0 Å². The van der Waals surface area contributed by atoms with Gasteiger partial charge in [-0.05, 0) is 31.0 Å². The van der Waals surface area contributed by atoms with Crippen LogP contribution in [0.15, 0.2) is 18.2 Å². The van der Waals surface area contributed by atoms with Crippen LogP contribution in [-0.4, -0.2) is 19.0 Å². The van der Waals surface area contributed by atoms with Crippen molar-refractivity contribution < 1.29 is 4.79 Å². The minimum Gasteiger partial charge on any atom is -0.399 e. The molecular weight excluding hydrogens is 214 g/mol. The van der Waals surface area contributed by atoms with Crippen LogP contribution in [0.25, 0.3) is 0 Å². The largest absolute Gasteiger partial charge is 0.399 e. The molecule has 0 radical (unpaired) electrons. The molecule has 0 aliphatic rings. The van der Waals surface area contributed by atoms with E-state index in [1.807, 2.05) is 11.9 Å². The molecule has 1 rings (SSSR count). The first-order chi connectivity index (χ1) is 7.84. The number of carbonyl (C=O) groups is 1. The third-order valence-electron chi connectivity index (χ3n) is 3.24. The number of primary amides is 1. The summed E-state index contributed by atoms with van der Waals surface area (Å²) in [5.74, 6) is 0.0463. The molecule has 0 aromatic heterocycles. The van der Waals surface area contributed by atoms with Crippen LogP contribution in [0.1, 0.15) is 31.1 Å². The lowest BCUT2D eigenvalue weighted by atomic mass is 10.0. The van der Waals surface area contributed by atoms with Gasteiger partial charge in [0.25, 0.3) is 5.91 Å². The van der Waals surface area contributed by atoms with E-state index < -0.39 is 5.91 Å². The number of benzene rings is 1. The predicted molar refractivity (Wildman–Crippen MR) is 72.1 cm³/mol. The topological polar surface area (TPSA) is 72.3 Å². The Balaban J connectivity index is 3.19. The van der Waals surface area contributed by atoms with Crippen LogP contribution in [0.5, 0.6) is 0 Å². The molecule has 0 aliphatic carbocycles. The second kappa shape index (κ2) is 5.08. The number of carbonyl (C=O) groups excluding carboxylic acids is 1. The van der Waals surface area contributed by atoms with Crippen molar-refractivity contribution in [3.8, 4) is 0 Å². The van der Waals surface area contributed by atoms with Crippen LogP contribution in [0, 0.1) is 5.92 Å². The van der Waals surface area contributed by atoms with Crippen LogP contribution in [0.3, 0.4) is 0 Å². The van der Waals surface area contributed by atoms with Crippen LogP contribution >= 0.6 is 0 Å². The van der Waals surface area contributed by atoms with Gasteiger partial charge in [0.05, 0.1) is 11.3 Å². The van der Waals surface area contributed by atoms with Gasteiger partial charge in [-0.3, -0.25) is 4.79 Å². The molecule has 1 unspecified atom stereocenters. The molecule has 1 amide bonds. The van der Waals surface area contributed by atoms with Gasteiger partial charge in [0.15, 0.2) is 0 Å². The molecule has 94 valence electrons. The van der Waals surface area contributed by atoms with E-state index in [1.165, 1.54) is 0 Å². The molecule has 0 saturated heterocycles. The number of hydrogen-bond donors (Lipinski definition) is 2. The normalized spacial score (nSPS) is 12.5. The zero-order chi connectivity index (χ0) is 13.2. The average Bonchev–Trinajstić information content (AvgIpc) is 2.26. The summed E-state index contributed by atoms with van der Waals surface area (Å²) in [5.41, 5.74) is 13.1. The maximum Gasteiger partial charge on any atom is 0.250 e.